The standard InChI is InChI=1S/C6H12BNOS/c1-5(8)3-6(7)4-9-10-2/h6,8H,3-4H2,1-2H3. The third-order valence-electron chi connectivity index (χ3n) is 0.968. The second kappa shape index (κ2) is 5.80. The molecule has 0 saturated carbocycles. The fraction of sp³-hybridized carbons (Fsp3) is 0.833. The van der Waals surface area contributed by atoms with E-state index in [-0.39, 0.29) is 5.82 Å². The van der Waals surface area contributed by atoms with Crippen molar-refractivity contribution in [3.63, 3.8) is 0 Å². The zero-order valence-electron chi connectivity index (χ0n) is 6.39. The summed E-state index contributed by atoms with van der Waals surface area (Å²) in [6, 6.07) is 0. The molecule has 0 amide bonds. The normalized spacial score (nSPS) is 13.0. The molecule has 0 aromatic rings. The van der Waals surface area contributed by atoms with Gasteiger partial charge >= 0.3 is 0 Å². The van der Waals surface area contributed by atoms with E-state index in [1.165, 1.54) is 12.0 Å². The van der Waals surface area contributed by atoms with E-state index < -0.39 is 0 Å². The summed E-state index contributed by atoms with van der Waals surface area (Å²) in [7, 11) is 5.58. The van der Waals surface area contributed by atoms with Crippen molar-refractivity contribution in [1.29, 1.82) is 5.41 Å². The van der Waals surface area contributed by atoms with Crippen molar-refractivity contribution in [1.82, 2.24) is 0 Å². The highest BCUT2D eigenvalue weighted by Crippen LogP contribution is 2.09. The Bertz CT molecular complexity index is 110. The highest BCUT2D eigenvalue weighted by molar-refractivity contribution is 7.93. The summed E-state index contributed by atoms with van der Waals surface area (Å²) in [5.74, 6) is -0.0232. The molecular weight excluding hydrogens is 145 g/mol. The molecule has 0 aromatic carbocycles. The molecule has 4 heteroatoms. The minimum atomic E-state index is -0.0232. The van der Waals surface area contributed by atoms with Crippen LogP contribution in [0.25, 0.3) is 0 Å². The van der Waals surface area contributed by atoms with Gasteiger partial charge in [0.05, 0.1) is 14.5 Å². The average molecular weight is 157 g/mol. The molecule has 1 N–H and O–H groups in total. The van der Waals surface area contributed by atoms with Crippen molar-refractivity contribution in [2.45, 2.75) is 19.2 Å². The quantitative estimate of drug-likeness (QED) is 0.374. The van der Waals surface area contributed by atoms with E-state index in [0.29, 0.717) is 18.7 Å². The Labute approximate surface area is 67.8 Å². The van der Waals surface area contributed by atoms with Gasteiger partial charge in [-0.1, -0.05) is 0 Å². The molecule has 0 rings (SSSR count). The lowest BCUT2D eigenvalue weighted by Crippen LogP contribution is -2.04. The van der Waals surface area contributed by atoms with E-state index in [0.717, 1.165) is 0 Å². The Kier molecular flexibility index (Phi) is 5.83. The summed E-state index contributed by atoms with van der Waals surface area (Å²) in [6.45, 7) is 2.27. The molecular formula is C6H12BNOS. The molecule has 0 aliphatic carbocycles. The first-order valence-corrected chi connectivity index (χ1v) is 4.27. The van der Waals surface area contributed by atoms with Gasteiger partial charge in [0.2, 0.25) is 0 Å². The van der Waals surface area contributed by atoms with Crippen LogP contribution in [0.15, 0.2) is 0 Å². The molecule has 2 nitrogen and oxygen atoms in total. The predicted molar refractivity (Wildman–Crippen MR) is 47.0 cm³/mol. The lowest BCUT2D eigenvalue weighted by molar-refractivity contribution is 0.370. The van der Waals surface area contributed by atoms with Gasteiger partial charge in [-0.05, 0) is 31.2 Å². The maximum atomic E-state index is 7.12. The summed E-state index contributed by atoms with van der Waals surface area (Å²) in [6.07, 6.45) is 2.48. The molecule has 1 atom stereocenters. The molecule has 0 spiro atoms. The fourth-order valence-corrected chi connectivity index (χ4v) is 0.919. The van der Waals surface area contributed by atoms with E-state index in [2.05, 4.69) is 0 Å². The van der Waals surface area contributed by atoms with E-state index in [9.17, 15) is 0 Å². The zero-order chi connectivity index (χ0) is 7.98. The van der Waals surface area contributed by atoms with Crippen LogP contribution in [0.4, 0.5) is 0 Å². The highest BCUT2D eigenvalue weighted by atomic mass is 32.2. The van der Waals surface area contributed by atoms with Crippen LogP contribution in [0, 0.1) is 5.41 Å². The monoisotopic (exact) mass is 157 g/mol. The van der Waals surface area contributed by atoms with Crippen molar-refractivity contribution >= 4 is 25.6 Å². The van der Waals surface area contributed by atoms with Gasteiger partial charge in [-0.25, -0.2) is 0 Å². The zero-order valence-corrected chi connectivity index (χ0v) is 7.20. The van der Waals surface area contributed by atoms with Crippen molar-refractivity contribution in [2.24, 2.45) is 0 Å². The fourth-order valence-electron chi connectivity index (χ4n) is 0.608. The van der Waals surface area contributed by atoms with Crippen LogP contribution in [-0.2, 0) is 4.18 Å². The van der Waals surface area contributed by atoms with Crippen LogP contribution in [0.5, 0.6) is 0 Å². The Morgan fingerprint density at radius 3 is 2.80 bits per heavy atom. The molecule has 0 bridgehead atoms. The highest BCUT2D eigenvalue weighted by Gasteiger charge is 2.01. The third-order valence-corrected chi connectivity index (χ3v) is 1.34. The van der Waals surface area contributed by atoms with Gasteiger partial charge in [0.15, 0.2) is 0 Å². The molecule has 0 heterocycles. The molecule has 0 aliphatic rings. The lowest BCUT2D eigenvalue weighted by Gasteiger charge is -2.08. The summed E-state index contributed by atoms with van der Waals surface area (Å²) >= 11 is 1.31. The Balaban J connectivity index is 3.25. The summed E-state index contributed by atoms with van der Waals surface area (Å²) in [5.41, 5.74) is 0.609. The Morgan fingerprint density at radius 2 is 2.40 bits per heavy atom. The van der Waals surface area contributed by atoms with Gasteiger partial charge in [-0.15, -0.1) is 0 Å². The summed E-state index contributed by atoms with van der Waals surface area (Å²) in [5, 5.41) is 7.12. The largest absolute Gasteiger partial charge is 0.316 e. The lowest BCUT2D eigenvalue weighted by atomic mass is 9.84. The van der Waals surface area contributed by atoms with Crippen LogP contribution >= 0.6 is 12.0 Å². The topological polar surface area (TPSA) is 33.1 Å². The van der Waals surface area contributed by atoms with Crippen LogP contribution in [0.2, 0.25) is 5.82 Å². The molecule has 0 fully saturated rings. The molecule has 1 unspecified atom stereocenters. The molecule has 10 heavy (non-hydrogen) atoms. The second-order valence-corrected chi connectivity index (χ2v) is 2.76. The van der Waals surface area contributed by atoms with E-state index in [1.807, 2.05) is 6.26 Å². The number of hydrogen-bond donors (Lipinski definition) is 1. The maximum absolute atomic E-state index is 7.12. The summed E-state index contributed by atoms with van der Waals surface area (Å²) in [4.78, 5) is 0. The average Bonchev–Trinajstić information content (AvgIpc) is 1.82. The van der Waals surface area contributed by atoms with Gasteiger partial charge in [0, 0.05) is 12.0 Å². The van der Waals surface area contributed by atoms with Gasteiger partial charge in [0.1, 0.15) is 0 Å². The van der Waals surface area contributed by atoms with Crippen LogP contribution in [-0.4, -0.2) is 26.4 Å². The maximum Gasteiger partial charge on any atom is 0.0736 e. The van der Waals surface area contributed by atoms with Gasteiger partial charge in [-0.3, -0.25) is 0 Å². The first kappa shape index (κ1) is 10.0. The van der Waals surface area contributed by atoms with Gasteiger partial charge < -0.3 is 9.59 Å². The number of hydrogen-bond acceptors (Lipinski definition) is 3. The van der Waals surface area contributed by atoms with E-state index in [1.54, 1.807) is 6.92 Å². The van der Waals surface area contributed by atoms with Crippen LogP contribution in [0.3, 0.4) is 0 Å². The molecule has 0 aromatic heterocycles. The minimum absolute atomic E-state index is 0.0232. The molecule has 56 valence electrons. The molecule has 2 radical (unpaired) electrons. The molecule has 0 aliphatic heterocycles. The Hall–Kier alpha value is 0.0449. The molecule has 0 saturated heterocycles. The SMILES string of the molecule is [B]C(COSC)CC(C)=N. The van der Waals surface area contributed by atoms with Gasteiger partial charge in [-0.2, -0.15) is 0 Å². The Morgan fingerprint density at radius 1 is 1.80 bits per heavy atom. The number of nitrogens with one attached hydrogen (secondary N) is 1. The number of rotatable bonds is 5. The smallest absolute Gasteiger partial charge is 0.0736 e. The third kappa shape index (κ3) is 6.17. The second-order valence-electron chi connectivity index (χ2n) is 2.20. The first-order valence-electron chi connectivity index (χ1n) is 3.12. The predicted octanol–water partition coefficient (Wildman–Crippen LogP) is 1.67. The summed E-state index contributed by atoms with van der Waals surface area (Å²) < 4.78 is 4.99. The van der Waals surface area contributed by atoms with E-state index >= 15 is 0 Å². The van der Waals surface area contributed by atoms with E-state index in [4.69, 9.17) is 17.4 Å². The van der Waals surface area contributed by atoms with Gasteiger partial charge in [0.25, 0.3) is 0 Å². The van der Waals surface area contributed by atoms with Crippen LogP contribution in [0.1, 0.15) is 13.3 Å². The van der Waals surface area contributed by atoms with Crippen molar-refractivity contribution < 1.29 is 4.18 Å². The van der Waals surface area contributed by atoms with Crippen molar-refractivity contribution in [3.8, 4) is 0 Å². The minimum Gasteiger partial charge on any atom is -0.316 e. The van der Waals surface area contributed by atoms with Crippen molar-refractivity contribution in [3.05, 3.63) is 0 Å². The van der Waals surface area contributed by atoms with Crippen LogP contribution < -0.4 is 0 Å². The first-order chi connectivity index (χ1) is 4.66. The van der Waals surface area contributed by atoms with Crippen molar-refractivity contribution in [2.75, 3.05) is 12.9 Å².